The van der Waals surface area contributed by atoms with E-state index in [1.165, 1.54) is 12.3 Å². The molecular weight excluding hydrogens is 562 g/mol. The molecule has 0 unspecified atom stereocenters. The van der Waals surface area contributed by atoms with Crippen molar-refractivity contribution in [3.63, 3.8) is 0 Å². The van der Waals surface area contributed by atoms with E-state index in [1.807, 2.05) is 17.0 Å². The molecule has 2 fully saturated rings. The highest BCUT2D eigenvalue weighted by Gasteiger charge is 2.51. The Morgan fingerprint density at radius 1 is 1.07 bits per heavy atom. The van der Waals surface area contributed by atoms with E-state index in [4.69, 9.17) is 4.98 Å². The van der Waals surface area contributed by atoms with Gasteiger partial charge in [0.25, 0.3) is 11.8 Å². The third-order valence-electron chi connectivity index (χ3n) is 7.23. The summed E-state index contributed by atoms with van der Waals surface area (Å²) in [6.45, 7) is 2.41. The van der Waals surface area contributed by atoms with Crippen LogP contribution in [0.15, 0.2) is 53.8 Å². The molecule has 4 aromatic rings. The number of aromatic nitrogens is 5. The maximum atomic E-state index is 12.7. The van der Waals surface area contributed by atoms with Crippen LogP contribution in [0.1, 0.15) is 28.2 Å². The van der Waals surface area contributed by atoms with E-state index in [0.717, 1.165) is 11.6 Å². The summed E-state index contributed by atoms with van der Waals surface area (Å²) in [5.41, 5.74) is 1.81. The molecule has 1 atom stereocenters. The Hall–Kier alpha value is -5.05. The Morgan fingerprint density at radius 3 is 2.64 bits per heavy atom. The Balaban J connectivity index is 1.19. The van der Waals surface area contributed by atoms with Gasteiger partial charge in [0.1, 0.15) is 5.54 Å². The van der Waals surface area contributed by atoms with Crippen LogP contribution in [-0.4, -0.2) is 76.1 Å². The summed E-state index contributed by atoms with van der Waals surface area (Å²) in [6.07, 6.45) is 6.11. The van der Waals surface area contributed by atoms with E-state index in [1.54, 1.807) is 31.5 Å². The number of nitrogens with zero attached hydrogens (tertiary/aromatic N) is 6. The molecule has 2 aliphatic heterocycles. The van der Waals surface area contributed by atoms with E-state index in [9.17, 15) is 22.8 Å². The number of hydrogen-bond donors (Lipinski definition) is 3. The van der Waals surface area contributed by atoms with Crippen LogP contribution in [0.5, 0.6) is 0 Å². The fourth-order valence-electron chi connectivity index (χ4n) is 5.02. The van der Waals surface area contributed by atoms with Crippen molar-refractivity contribution in [2.45, 2.75) is 30.3 Å². The fraction of sp³-hybridized carbons (Fsp3) is 0.259. The fourth-order valence-corrected chi connectivity index (χ4v) is 5.95. The molecule has 14 nitrogen and oxygen atoms in total. The number of amides is 4. The van der Waals surface area contributed by atoms with Gasteiger partial charge < -0.3 is 15.5 Å². The number of carbonyl (C=O) groups is 3. The maximum Gasteiger partial charge on any atom is 0.322 e. The van der Waals surface area contributed by atoms with E-state index in [-0.39, 0.29) is 29.5 Å². The standard InChI is InChI=1S/C27H25N9O5S/c1-15-22(42(2,40)41)9-17(12-29-15)23(37)31-13-18-10-21-16(11-30-18)3-4-19(32-21)20-5-7-28-25(33-20)36-8-6-27(14-36)24(38)34-26(39)35-27/h3-5,7,9-12H,6,8,13-14H2,1-2H3,(H,31,37)(H2,34,35,38,39)/t27-/m1/s1. The minimum atomic E-state index is -3.53. The van der Waals surface area contributed by atoms with Crippen molar-refractivity contribution in [3.8, 4) is 11.4 Å². The monoisotopic (exact) mass is 587 g/mol. The number of aryl methyl sites for hydroxylation is 1. The van der Waals surface area contributed by atoms with Gasteiger partial charge in [-0.2, -0.15) is 0 Å². The highest BCUT2D eigenvalue weighted by Crippen LogP contribution is 2.28. The molecule has 2 aliphatic rings. The summed E-state index contributed by atoms with van der Waals surface area (Å²) in [7, 11) is -3.53. The van der Waals surface area contributed by atoms with Crippen molar-refractivity contribution in [2.75, 3.05) is 24.2 Å². The summed E-state index contributed by atoms with van der Waals surface area (Å²) in [5.74, 6) is -0.414. The number of rotatable bonds is 6. The van der Waals surface area contributed by atoms with Gasteiger partial charge in [-0.3, -0.25) is 24.9 Å². The van der Waals surface area contributed by atoms with Gasteiger partial charge in [0, 0.05) is 36.8 Å². The van der Waals surface area contributed by atoms with Crippen LogP contribution in [0.25, 0.3) is 22.3 Å². The van der Waals surface area contributed by atoms with Gasteiger partial charge in [0.05, 0.1) is 51.8 Å². The summed E-state index contributed by atoms with van der Waals surface area (Å²) in [4.78, 5) is 60.8. The highest BCUT2D eigenvalue weighted by molar-refractivity contribution is 7.90. The van der Waals surface area contributed by atoms with Crippen LogP contribution < -0.4 is 20.9 Å². The number of pyridine rings is 3. The smallest absolute Gasteiger partial charge is 0.322 e. The number of fused-ring (bicyclic) bond motifs is 1. The molecule has 3 N–H and O–H groups in total. The molecule has 4 amide bonds. The predicted molar refractivity (Wildman–Crippen MR) is 150 cm³/mol. The van der Waals surface area contributed by atoms with Crippen LogP contribution >= 0.6 is 0 Å². The lowest BCUT2D eigenvalue weighted by molar-refractivity contribution is -0.123. The zero-order valence-electron chi connectivity index (χ0n) is 22.6. The lowest BCUT2D eigenvalue weighted by Crippen LogP contribution is -2.49. The van der Waals surface area contributed by atoms with Gasteiger partial charge in [0.15, 0.2) is 9.84 Å². The first-order chi connectivity index (χ1) is 20.0. The first kappa shape index (κ1) is 27.1. The highest BCUT2D eigenvalue weighted by atomic mass is 32.2. The van der Waals surface area contributed by atoms with Gasteiger partial charge in [0.2, 0.25) is 5.95 Å². The maximum absolute atomic E-state index is 12.7. The SMILES string of the molecule is Cc1ncc(C(=O)NCc2cc3nc(-c4ccnc(N5CC[C@]6(C5)NC(=O)NC6=O)n4)ccc3cn2)cc1S(C)(=O)=O. The Morgan fingerprint density at radius 2 is 1.88 bits per heavy atom. The quantitative estimate of drug-likeness (QED) is 0.272. The lowest BCUT2D eigenvalue weighted by atomic mass is 10.00. The van der Waals surface area contributed by atoms with Crippen molar-refractivity contribution < 1.29 is 22.8 Å². The zero-order valence-corrected chi connectivity index (χ0v) is 23.4. The number of imide groups is 1. The molecule has 214 valence electrons. The molecule has 0 aliphatic carbocycles. The van der Waals surface area contributed by atoms with Crippen LogP contribution in [-0.2, 0) is 21.2 Å². The Labute approximate surface area is 239 Å². The molecular formula is C27H25N9O5S. The van der Waals surface area contributed by atoms with Crippen molar-refractivity contribution in [1.29, 1.82) is 0 Å². The molecule has 0 saturated carbocycles. The second-order valence-electron chi connectivity index (χ2n) is 10.2. The van der Waals surface area contributed by atoms with Crippen LogP contribution in [0.4, 0.5) is 10.7 Å². The molecule has 0 bridgehead atoms. The number of anilines is 1. The second kappa shape index (κ2) is 10.1. The van der Waals surface area contributed by atoms with Crippen LogP contribution in [0.2, 0.25) is 0 Å². The predicted octanol–water partition coefficient (Wildman–Crippen LogP) is 0.912. The molecule has 0 aromatic carbocycles. The molecule has 1 spiro atoms. The molecule has 4 aromatic heterocycles. The summed E-state index contributed by atoms with van der Waals surface area (Å²) in [6, 6.07) is 7.97. The molecule has 6 heterocycles. The van der Waals surface area contributed by atoms with Crippen molar-refractivity contribution in [3.05, 3.63) is 65.9 Å². The molecule has 6 rings (SSSR count). The van der Waals surface area contributed by atoms with E-state index in [2.05, 4.69) is 35.9 Å². The van der Waals surface area contributed by atoms with Gasteiger partial charge in [-0.1, -0.05) is 0 Å². The third-order valence-corrected chi connectivity index (χ3v) is 8.45. The van der Waals surface area contributed by atoms with E-state index >= 15 is 0 Å². The van der Waals surface area contributed by atoms with Gasteiger partial charge >= 0.3 is 6.03 Å². The van der Waals surface area contributed by atoms with Gasteiger partial charge in [-0.25, -0.2) is 28.2 Å². The van der Waals surface area contributed by atoms with Crippen molar-refractivity contribution >= 4 is 44.5 Å². The lowest BCUT2D eigenvalue weighted by Gasteiger charge is -2.21. The molecule has 0 radical (unpaired) electrons. The minimum absolute atomic E-state index is 0.00336. The summed E-state index contributed by atoms with van der Waals surface area (Å²) < 4.78 is 24.0. The average molecular weight is 588 g/mol. The summed E-state index contributed by atoms with van der Waals surface area (Å²) >= 11 is 0. The molecule has 15 heteroatoms. The number of urea groups is 1. The third kappa shape index (κ3) is 5.09. The largest absolute Gasteiger partial charge is 0.346 e. The first-order valence-corrected chi connectivity index (χ1v) is 14.8. The minimum Gasteiger partial charge on any atom is -0.346 e. The topological polar surface area (TPSA) is 189 Å². The molecule has 2 saturated heterocycles. The van der Waals surface area contributed by atoms with E-state index < -0.39 is 27.3 Å². The van der Waals surface area contributed by atoms with Crippen molar-refractivity contribution in [2.24, 2.45) is 0 Å². The number of hydrogen-bond acceptors (Lipinski definition) is 11. The van der Waals surface area contributed by atoms with Crippen LogP contribution in [0, 0.1) is 6.92 Å². The van der Waals surface area contributed by atoms with E-state index in [0.29, 0.717) is 47.2 Å². The Kier molecular flexibility index (Phi) is 6.52. The number of nitrogens with one attached hydrogen (secondary N) is 3. The zero-order chi connectivity index (χ0) is 29.6. The molecule has 42 heavy (non-hydrogen) atoms. The first-order valence-electron chi connectivity index (χ1n) is 12.9. The second-order valence-corrected chi connectivity index (χ2v) is 12.2. The normalized spacial score (nSPS) is 18.4. The Bertz CT molecular complexity index is 1900. The summed E-state index contributed by atoms with van der Waals surface area (Å²) in [5, 5.41) is 8.54. The number of carbonyl (C=O) groups excluding carboxylic acids is 3. The number of sulfone groups is 1. The average Bonchev–Trinajstić information content (AvgIpc) is 3.52. The van der Waals surface area contributed by atoms with Crippen LogP contribution in [0.3, 0.4) is 0 Å². The van der Waals surface area contributed by atoms with Gasteiger partial charge in [-0.05, 0) is 43.7 Å². The van der Waals surface area contributed by atoms with Crippen molar-refractivity contribution in [1.82, 2.24) is 40.9 Å². The van der Waals surface area contributed by atoms with Gasteiger partial charge in [-0.15, -0.1) is 0 Å².